The molecule has 1 heterocycles. The maximum absolute atomic E-state index is 16.7. The van der Waals surface area contributed by atoms with E-state index in [2.05, 4.69) is 0 Å². The maximum Gasteiger partial charge on any atom is 0.416 e. The van der Waals surface area contributed by atoms with Crippen LogP contribution in [0.2, 0.25) is 0 Å². The van der Waals surface area contributed by atoms with Crippen LogP contribution in [0.15, 0.2) is 35.3 Å². The van der Waals surface area contributed by atoms with Crippen LogP contribution in [0, 0.1) is 45.2 Å². The molecule has 0 saturated carbocycles. The zero-order chi connectivity index (χ0) is 37.0. The molecule has 1 aromatic heterocycles. The number of alkyl halides is 3. The average molecular weight is 691 g/mol. The van der Waals surface area contributed by atoms with Crippen LogP contribution in [0.5, 0.6) is 0 Å². The molecule has 0 aliphatic rings. The van der Waals surface area contributed by atoms with Crippen LogP contribution in [0.25, 0.3) is 11.1 Å². The lowest BCUT2D eigenvalue weighted by molar-refractivity contribution is -0.143. The lowest BCUT2D eigenvalue weighted by atomic mass is 9.82. The molecule has 2 aromatic carbocycles. The lowest BCUT2D eigenvalue weighted by Gasteiger charge is -2.26. The molecule has 0 aliphatic heterocycles. The molecule has 0 amide bonds. The first kappa shape index (κ1) is 39.6. The summed E-state index contributed by atoms with van der Waals surface area (Å²) in [5.74, 6) is -4.91. The molecule has 0 radical (unpaired) electrons. The molecule has 3 rings (SSSR count). The highest BCUT2D eigenvalue weighted by Crippen LogP contribution is 2.42. The Kier molecular flexibility index (Phi) is 13.1. The number of rotatable bonds is 14. The second-order valence-electron chi connectivity index (χ2n) is 13.5. The van der Waals surface area contributed by atoms with E-state index in [1.807, 2.05) is 39.8 Å². The van der Waals surface area contributed by atoms with Crippen molar-refractivity contribution in [2.24, 2.45) is 5.92 Å². The van der Waals surface area contributed by atoms with Gasteiger partial charge in [-0.2, -0.15) is 13.2 Å². The van der Waals surface area contributed by atoms with Gasteiger partial charge in [-0.05, 0) is 113 Å². The highest BCUT2D eigenvalue weighted by atomic mass is 19.4. The number of esters is 1. The Hall–Kier alpha value is -3.86. The van der Waals surface area contributed by atoms with E-state index < -0.39 is 71.1 Å². The van der Waals surface area contributed by atoms with Crippen molar-refractivity contribution < 1.29 is 36.3 Å². The number of aromatic nitrogens is 1. The quantitative estimate of drug-likeness (QED) is 0.126. The standard InChI is InChI=1S/C38H47F5N2O4/c1-10-49-33(48)19-27(18-31(46)30(15-21(2)3)45-20-26(13-14-44(8)9)23(5)17-32(45)47)35-36(39)24(6)16-28(37(35)40)34-22(4)11-12-29(25(34)7)38(41,42)43/h11-12,16-17,20-21,27,30H,10,13-15,18-19H2,1-9H3/t27-,30?/m0/s1. The third-order valence-corrected chi connectivity index (χ3v) is 8.87. The van der Waals surface area contributed by atoms with Gasteiger partial charge in [-0.25, -0.2) is 8.78 Å². The van der Waals surface area contributed by atoms with Crippen molar-refractivity contribution in [2.45, 2.75) is 92.3 Å². The number of Topliss-reactive ketones (excluding diaryl/α,β-unsaturated/α-hetero) is 1. The summed E-state index contributed by atoms with van der Waals surface area (Å²) in [6.45, 7) is 11.9. The molecule has 0 saturated heterocycles. The Balaban J connectivity index is 2.24. The number of nitrogens with zero attached hydrogens (tertiary/aromatic N) is 2. The number of hydrogen-bond acceptors (Lipinski definition) is 5. The van der Waals surface area contributed by atoms with E-state index in [4.69, 9.17) is 4.74 Å². The summed E-state index contributed by atoms with van der Waals surface area (Å²) >= 11 is 0. The molecule has 3 aromatic rings. The van der Waals surface area contributed by atoms with Crippen LogP contribution < -0.4 is 5.56 Å². The molecule has 49 heavy (non-hydrogen) atoms. The second kappa shape index (κ2) is 16.2. The van der Waals surface area contributed by atoms with Gasteiger partial charge in [0.15, 0.2) is 5.78 Å². The molecular formula is C38H47F5N2O4. The first-order valence-corrected chi connectivity index (χ1v) is 16.5. The number of aryl methyl sites for hydroxylation is 3. The van der Waals surface area contributed by atoms with Gasteiger partial charge in [0, 0.05) is 42.3 Å². The third kappa shape index (κ3) is 9.44. The molecule has 11 heteroatoms. The van der Waals surface area contributed by atoms with Gasteiger partial charge in [0.1, 0.15) is 11.6 Å². The molecule has 0 spiro atoms. The van der Waals surface area contributed by atoms with Crippen LogP contribution in [-0.2, 0) is 26.9 Å². The van der Waals surface area contributed by atoms with Gasteiger partial charge < -0.3 is 14.2 Å². The number of benzene rings is 2. The van der Waals surface area contributed by atoms with Crippen molar-refractivity contribution in [1.29, 1.82) is 0 Å². The minimum atomic E-state index is -4.72. The van der Waals surface area contributed by atoms with Crippen LogP contribution in [0.4, 0.5) is 22.0 Å². The van der Waals surface area contributed by atoms with Crippen molar-refractivity contribution in [3.8, 4) is 11.1 Å². The summed E-state index contributed by atoms with van der Waals surface area (Å²) in [4.78, 5) is 42.4. The monoisotopic (exact) mass is 690 g/mol. The van der Waals surface area contributed by atoms with Crippen LogP contribution in [-0.4, -0.2) is 48.5 Å². The molecule has 0 aliphatic carbocycles. The number of likely N-dealkylation sites (N-methyl/N-ethyl adjacent to an activating group) is 1. The molecule has 0 N–H and O–H groups in total. The fourth-order valence-electron chi connectivity index (χ4n) is 6.36. The topological polar surface area (TPSA) is 68.6 Å². The normalized spacial score (nSPS) is 13.2. The molecule has 0 fully saturated rings. The van der Waals surface area contributed by atoms with Gasteiger partial charge in [0.25, 0.3) is 5.56 Å². The number of hydrogen-bond donors (Lipinski definition) is 0. The van der Waals surface area contributed by atoms with Gasteiger partial charge >= 0.3 is 12.1 Å². The van der Waals surface area contributed by atoms with Gasteiger partial charge in [-0.3, -0.25) is 14.4 Å². The first-order valence-electron chi connectivity index (χ1n) is 16.5. The van der Waals surface area contributed by atoms with Gasteiger partial charge in [0.2, 0.25) is 0 Å². The Morgan fingerprint density at radius 3 is 2.16 bits per heavy atom. The number of pyridine rings is 1. The van der Waals surface area contributed by atoms with E-state index >= 15 is 8.78 Å². The number of ether oxygens (including phenoxy) is 1. The number of ketones is 1. The summed E-state index contributed by atoms with van der Waals surface area (Å²) in [5, 5.41) is 0. The number of carbonyl (C=O) groups is 2. The van der Waals surface area contributed by atoms with Crippen LogP contribution in [0.3, 0.4) is 0 Å². The van der Waals surface area contributed by atoms with Gasteiger partial charge in [0.05, 0.1) is 24.6 Å². The maximum atomic E-state index is 16.7. The van der Waals surface area contributed by atoms with Crippen LogP contribution >= 0.6 is 0 Å². The summed E-state index contributed by atoms with van der Waals surface area (Å²) < 4.78 is 80.9. The fraction of sp³-hybridized carbons (Fsp3) is 0.500. The van der Waals surface area contributed by atoms with E-state index in [9.17, 15) is 27.6 Å². The number of carbonyl (C=O) groups excluding carboxylic acids is 2. The summed E-state index contributed by atoms with van der Waals surface area (Å²) in [7, 11) is 3.84. The fourth-order valence-corrected chi connectivity index (χ4v) is 6.36. The van der Waals surface area contributed by atoms with Gasteiger partial charge in [-0.15, -0.1) is 0 Å². The zero-order valence-electron chi connectivity index (χ0n) is 29.8. The molecule has 0 bridgehead atoms. The largest absolute Gasteiger partial charge is 0.466 e. The molecule has 6 nitrogen and oxygen atoms in total. The molecule has 268 valence electrons. The molecule has 1 unspecified atom stereocenters. The number of halogens is 5. The predicted molar refractivity (Wildman–Crippen MR) is 181 cm³/mol. The summed E-state index contributed by atoms with van der Waals surface area (Å²) in [6.07, 6.45) is -3.29. The molecule has 2 atom stereocenters. The van der Waals surface area contributed by atoms with E-state index in [0.29, 0.717) is 18.5 Å². The second-order valence-corrected chi connectivity index (χ2v) is 13.5. The Morgan fingerprint density at radius 2 is 1.59 bits per heavy atom. The van der Waals surface area contributed by atoms with E-state index in [0.717, 1.165) is 23.3 Å². The minimum Gasteiger partial charge on any atom is -0.466 e. The molecular weight excluding hydrogens is 643 g/mol. The highest BCUT2D eigenvalue weighted by molar-refractivity contribution is 5.85. The Labute approximate surface area is 285 Å². The van der Waals surface area contributed by atoms with Crippen molar-refractivity contribution in [1.82, 2.24) is 9.47 Å². The third-order valence-electron chi connectivity index (χ3n) is 8.87. The Morgan fingerprint density at radius 1 is 0.939 bits per heavy atom. The van der Waals surface area contributed by atoms with E-state index in [1.54, 1.807) is 13.1 Å². The lowest BCUT2D eigenvalue weighted by Crippen LogP contribution is -2.32. The smallest absolute Gasteiger partial charge is 0.416 e. The van der Waals surface area contributed by atoms with Crippen molar-refractivity contribution in [3.05, 3.63) is 91.4 Å². The van der Waals surface area contributed by atoms with Gasteiger partial charge in [-0.1, -0.05) is 19.9 Å². The van der Waals surface area contributed by atoms with E-state index in [1.165, 1.54) is 37.5 Å². The minimum absolute atomic E-state index is 0.0172. The average Bonchev–Trinajstić information content (AvgIpc) is 2.97. The van der Waals surface area contributed by atoms with Crippen molar-refractivity contribution >= 4 is 11.8 Å². The van der Waals surface area contributed by atoms with Crippen LogP contribution in [0.1, 0.15) is 90.9 Å². The Bertz CT molecular complexity index is 1740. The predicted octanol–water partition coefficient (Wildman–Crippen LogP) is 8.43. The zero-order valence-corrected chi connectivity index (χ0v) is 29.8. The van der Waals surface area contributed by atoms with Crippen molar-refractivity contribution in [2.75, 3.05) is 27.2 Å². The summed E-state index contributed by atoms with van der Waals surface area (Å²) in [6, 6.07) is 3.76. The van der Waals surface area contributed by atoms with E-state index in [-0.39, 0.29) is 41.2 Å². The summed E-state index contributed by atoms with van der Waals surface area (Å²) in [5.41, 5.74) is -0.593. The SMILES string of the molecule is CCOC(=O)C[C@H](CC(=O)C(CC(C)C)n1cc(CCN(C)C)c(C)cc1=O)c1c(F)c(C)cc(-c2c(C)ccc(C(F)(F)F)c2C)c1F. The van der Waals surface area contributed by atoms with Crippen molar-refractivity contribution in [3.63, 3.8) is 0 Å². The highest BCUT2D eigenvalue weighted by Gasteiger charge is 2.36. The first-order chi connectivity index (χ1) is 22.8.